The Bertz CT molecular complexity index is 530. The molecule has 1 aliphatic rings. The third-order valence-corrected chi connectivity index (χ3v) is 3.58. The number of likely N-dealkylation sites (tertiary alicyclic amines) is 1. The zero-order valence-corrected chi connectivity index (χ0v) is 13.6. The predicted molar refractivity (Wildman–Crippen MR) is 81.4 cm³/mol. The summed E-state index contributed by atoms with van der Waals surface area (Å²) in [5.74, 6) is 0.545. The van der Waals surface area contributed by atoms with Crippen LogP contribution in [0.2, 0.25) is 0 Å². The van der Waals surface area contributed by atoms with E-state index in [-0.39, 0.29) is 18.1 Å². The Labute approximate surface area is 130 Å². The summed E-state index contributed by atoms with van der Waals surface area (Å²) < 4.78 is 10.6. The average Bonchev–Trinajstić information content (AvgIpc) is 2.94. The Morgan fingerprint density at radius 3 is 2.73 bits per heavy atom. The van der Waals surface area contributed by atoms with Crippen LogP contribution in [0.1, 0.15) is 38.9 Å². The zero-order valence-electron chi connectivity index (χ0n) is 13.6. The number of nitrogens with zero attached hydrogens (tertiary/aromatic N) is 3. The van der Waals surface area contributed by atoms with Gasteiger partial charge in [-0.3, -0.25) is 4.98 Å². The van der Waals surface area contributed by atoms with Gasteiger partial charge in [-0.15, -0.1) is 0 Å². The van der Waals surface area contributed by atoms with Gasteiger partial charge in [0.05, 0.1) is 13.2 Å². The molecule has 0 aliphatic carbocycles. The van der Waals surface area contributed by atoms with Crippen molar-refractivity contribution in [1.82, 2.24) is 14.9 Å². The second-order valence-corrected chi connectivity index (χ2v) is 6.45. The van der Waals surface area contributed by atoms with Crippen LogP contribution in [0.15, 0.2) is 12.4 Å². The number of carbonyl (C=O) groups is 1. The highest BCUT2D eigenvalue weighted by molar-refractivity contribution is 5.68. The number of rotatable bonds is 3. The van der Waals surface area contributed by atoms with Crippen molar-refractivity contribution in [3.63, 3.8) is 0 Å². The van der Waals surface area contributed by atoms with Crippen LogP contribution in [0, 0.1) is 5.92 Å². The highest BCUT2D eigenvalue weighted by Crippen LogP contribution is 2.31. The molecule has 1 fully saturated rings. The van der Waals surface area contributed by atoms with Gasteiger partial charge in [-0.1, -0.05) is 0 Å². The van der Waals surface area contributed by atoms with Crippen LogP contribution < -0.4 is 10.5 Å². The Kier molecular flexibility index (Phi) is 4.85. The number of ether oxygens (including phenoxy) is 2. The fourth-order valence-electron chi connectivity index (χ4n) is 2.52. The van der Waals surface area contributed by atoms with E-state index >= 15 is 0 Å². The third kappa shape index (κ3) is 3.85. The molecule has 1 aromatic heterocycles. The van der Waals surface area contributed by atoms with Crippen LogP contribution >= 0.6 is 0 Å². The summed E-state index contributed by atoms with van der Waals surface area (Å²) in [4.78, 5) is 22.2. The Balaban J connectivity index is 2.02. The number of nitrogens with two attached hydrogens (primary N) is 1. The van der Waals surface area contributed by atoms with Gasteiger partial charge in [0.25, 0.3) is 0 Å². The molecule has 2 rings (SSSR count). The molecule has 1 aliphatic heterocycles. The number of methoxy groups -OCH3 is 1. The standard InChI is InChI=1S/C15H24N4O3/c1-15(2,3)22-14(20)19-8-5-10(9-19)11(16)12-13(21-4)18-7-6-17-12/h6-7,10-11H,5,8-9,16H2,1-4H3. The van der Waals surface area contributed by atoms with Gasteiger partial charge >= 0.3 is 6.09 Å². The summed E-state index contributed by atoms with van der Waals surface area (Å²) in [6.45, 7) is 6.75. The number of hydrogen-bond acceptors (Lipinski definition) is 6. The van der Waals surface area contributed by atoms with Crippen LogP contribution in [-0.2, 0) is 4.74 Å². The molecule has 0 radical (unpaired) electrons. The maximum atomic E-state index is 12.1. The molecular weight excluding hydrogens is 284 g/mol. The number of hydrogen-bond donors (Lipinski definition) is 1. The van der Waals surface area contributed by atoms with E-state index in [1.165, 1.54) is 0 Å². The van der Waals surface area contributed by atoms with Crippen molar-refractivity contribution in [2.45, 2.75) is 38.8 Å². The Morgan fingerprint density at radius 1 is 1.41 bits per heavy atom. The predicted octanol–water partition coefficient (Wildman–Crippen LogP) is 1.74. The summed E-state index contributed by atoms with van der Waals surface area (Å²) in [5, 5.41) is 0. The summed E-state index contributed by atoms with van der Waals surface area (Å²) in [6.07, 6.45) is 3.67. The molecular formula is C15H24N4O3. The van der Waals surface area contributed by atoms with Gasteiger partial charge in [0.15, 0.2) is 0 Å². The maximum Gasteiger partial charge on any atom is 0.410 e. The van der Waals surface area contributed by atoms with E-state index in [2.05, 4.69) is 9.97 Å². The van der Waals surface area contributed by atoms with Gasteiger partial charge < -0.3 is 20.1 Å². The zero-order chi connectivity index (χ0) is 16.3. The van der Waals surface area contributed by atoms with Crippen LogP contribution in [0.5, 0.6) is 5.88 Å². The van der Waals surface area contributed by atoms with Crippen LogP contribution in [-0.4, -0.2) is 46.8 Å². The number of aromatic nitrogens is 2. The third-order valence-electron chi connectivity index (χ3n) is 3.58. The largest absolute Gasteiger partial charge is 0.480 e. The summed E-state index contributed by atoms with van der Waals surface area (Å²) >= 11 is 0. The van der Waals surface area contributed by atoms with Crippen molar-refractivity contribution in [1.29, 1.82) is 0 Å². The first-order valence-electron chi connectivity index (χ1n) is 7.40. The number of amides is 1. The van der Waals surface area contributed by atoms with Gasteiger partial charge in [0.2, 0.25) is 5.88 Å². The van der Waals surface area contributed by atoms with Crippen molar-refractivity contribution < 1.29 is 14.3 Å². The molecule has 1 saturated heterocycles. The molecule has 0 bridgehead atoms. The highest BCUT2D eigenvalue weighted by Gasteiger charge is 2.34. The summed E-state index contributed by atoms with van der Waals surface area (Å²) in [7, 11) is 1.54. The van der Waals surface area contributed by atoms with E-state index in [4.69, 9.17) is 15.2 Å². The van der Waals surface area contributed by atoms with Crippen LogP contribution in [0.4, 0.5) is 4.79 Å². The topological polar surface area (TPSA) is 90.6 Å². The lowest BCUT2D eigenvalue weighted by atomic mass is 9.97. The fraction of sp³-hybridized carbons (Fsp3) is 0.667. The molecule has 0 saturated carbocycles. The fourth-order valence-corrected chi connectivity index (χ4v) is 2.52. The quantitative estimate of drug-likeness (QED) is 0.914. The first-order valence-corrected chi connectivity index (χ1v) is 7.40. The second-order valence-electron chi connectivity index (χ2n) is 6.45. The lowest BCUT2D eigenvalue weighted by molar-refractivity contribution is 0.0286. The molecule has 2 atom stereocenters. The lowest BCUT2D eigenvalue weighted by Gasteiger charge is -2.25. The van der Waals surface area contributed by atoms with Crippen LogP contribution in [0.3, 0.4) is 0 Å². The molecule has 2 unspecified atom stereocenters. The second kappa shape index (κ2) is 6.48. The van der Waals surface area contributed by atoms with E-state index in [1.54, 1.807) is 24.4 Å². The molecule has 0 aromatic carbocycles. The molecule has 2 heterocycles. The van der Waals surface area contributed by atoms with Gasteiger partial charge in [-0.2, -0.15) is 0 Å². The Morgan fingerprint density at radius 2 is 2.09 bits per heavy atom. The molecule has 122 valence electrons. The minimum absolute atomic E-state index is 0.109. The van der Waals surface area contributed by atoms with E-state index in [0.29, 0.717) is 24.7 Å². The van der Waals surface area contributed by atoms with Gasteiger partial charge in [-0.25, -0.2) is 9.78 Å². The van der Waals surface area contributed by atoms with E-state index < -0.39 is 5.60 Å². The van der Waals surface area contributed by atoms with Crippen LogP contribution in [0.25, 0.3) is 0 Å². The SMILES string of the molecule is COc1nccnc1C(N)C1CCN(C(=O)OC(C)(C)C)C1. The molecule has 22 heavy (non-hydrogen) atoms. The molecule has 1 amide bonds. The molecule has 2 N–H and O–H groups in total. The maximum absolute atomic E-state index is 12.1. The van der Waals surface area contributed by atoms with E-state index in [9.17, 15) is 4.79 Å². The van der Waals surface area contributed by atoms with Crippen molar-refractivity contribution in [3.8, 4) is 5.88 Å². The van der Waals surface area contributed by atoms with E-state index in [0.717, 1.165) is 6.42 Å². The first kappa shape index (κ1) is 16.5. The highest BCUT2D eigenvalue weighted by atomic mass is 16.6. The van der Waals surface area contributed by atoms with Crippen molar-refractivity contribution in [2.75, 3.05) is 20.2 Å². The smallest absolute Gasteiger partial charge is 0.410 e. The lowest BCUT2D eigenvalue weighted by Crippen LogP contribution is -2.36. The van der Waals surface area contributed by atoms with Gasteiger partial charge in [-0.05, 0) is 33.1 Å². The van der Waals surface area contributed by atoms with E-state index in [1.807, 2.05) is 20.8 Å². The first-order chi connectivity index (χ1) is 10.3. The normalized spacial score (nSPS) is 19.9. The average molecular weight is 308 g/mol. The molecule has 0 spiro atoms. The summed E-state index contributed by atoms with van der Waals surface area (Å²) in [6, 6.07) is -0.323. The van der Waals surface area contributed by atoms with Crippen molar-refractivity contribution in [3.05, 3.63) is 18.1 Å². The summed E-state index contributed by atoms with van der Waals surface area (Å²) in [5.41, 5.74) is 6.44. The van der Waals surface area contributed by atoms with Gasteiger partial charge in [0, 0.05) is 25.5 Å². The molecule has 7 heteroatoms. The monoisotopic (exact) mass is 308 g/mol. The minimum Gasteiger partial charge on any atom is -0.480 e. The number of carbonyl (C=O) groups excluding carboxylic acids is 1. The minimum atomic E-state index is -0.495. The molecule has 7 nitrogen and oxygen atoms in total. The Hall–Kier alpha value is -1.89. The van der Waals surface area contributed by atoms with Gasteiger partial charge in [0.1, 0.15) is 11.3 Å². The molecule has 1 aromatic rings. The van der Waals surface area contributed by atoms with Crippen molar-refractivity contribution in [2.24, 2.45) is 11.7 Å². The van der Waals surface area contributed by atoms with Crippen molar-refractivity contribution >= 4 is 6.09 Å².